The molecule has 15 heteroatoms. The van der Waals surface area contributed by atoms with E-state index in [0.717, 1.165) is 0 Å². The molecular weight excluding hydrogens is 779 g/mol. The van der Waals surface area contributed by atoms with Gasteiger partial charge in [0.15, 0.2) is 5.75 Å². The van der Waals surface area contributed by atoms with Crippen LogP contribution in [0.15, 0.2) is 60.4 Å². The fraction of sp³-hybridized carbons (Fsp3) is 0.444. The lowest BCUT2D eigenvalue weighted by molar-refractivity contribution is -0.160. The number of aliphatic hydroxyl groups excluding tert-OH is 2. The largest absolute Gasteiger partial charge is 0.507 e. The molecule has 0 spiro atoms. The highest BCUT2D eigenvalue weighted by Gasteiger charge is 2.50. The molecule has 3 aliphatic heterocycles. The number of esters is 1. The van der Waals surface area contributed by atoms with E-state index in [2.05, 4.69) is 10.6 Å². The summed E-state index contributed by atoms with van der Waals surface area (Å²) < 4.78 is 37.2. The number of aliphatic hydroxyl groups is 2. The zero-order valence-electron chi connectivity index (χ0n) is 35.2. The van der Waals surface area contributed by atoms with Crippen molar-refractivity contribution in [1.29, 1.82) is 0 Å². The minimum absolute atomic E-state index is 0.0359. The Morgan fingerprint density at radius 2 is 1.58 bits per heavy atom. The van der Waals surface area contributed by atoms with Crippen molar-refractivity contribution in [3.8, 4) is 23.0 Å². The molecule has 6 rings (SSSR count). The molecule has 5 bridgehead atoms. The summed E-state index contributed by atoms with van der Waals surface area (Å²) >= 11 is 0. The molecule has 0 unspecified atom stereocenters. The number of methoxy groups -OCH3 is 1. The lowest BCUT2D eigenvalue weighted by atomic mass is 9.78. The number of carbonyl (C=O) groups excluding carboxylic acids is 3. The van der Waals surface area contributed by atoms with Gasteiger partial charge in [-0.2, -0.15) is 0 Å². The van der Waals surface area contributed by atoms with E-state index < -0.39 is 94.6 Å². The van der Waals surface area contributed by atoms with Crippen LogP contribution in [0.3, 0.4) is 0 Å². The van der Waals surface area contributed by atoms with Crippen LogP contribution in [0.2, 0.25) is 0 Å². The molecule has 60 heavy (non-hydrogen) atoms. The number of rotatable bonds is 6. The summed E-state index contributed by atoms with van der Waals surface area (Å²) in [7, 11) is 1.42. The number of hydrogen-bond acceptors (Lipinski definition) is 13. The van der Waals surface area contributed by atoms with E-state index in [9.17, 15) is 44.3 Å². The van der Waals surface area contributed by atoms with Crippen LogP contribution in [-0.2, 0) is 36.9 Å². The first-order valence-electron chi connectivity index (χ1n) is 19.8. The predicted molar refractivity (Wildman–Crippen MR) is 221 cm³/mol. The van der Waals surface area contributed by atoms with Gasteiger partial charge in [-0.25, -0.2) is 4.39 Å². The van der Waals surface area contributed by atoms with Gasteiger partial charge in [-0.15, -0.1) is 0 Å². The van der Waals surface area contributed by atoms with Crippen molar-refractivity contribution in [2.45, 2.75) is 98.7 Å². The number of aromatic hydroxyl groups is 3. The van der Waals surface area contributed by atoms with Gasteiger partial charge in [0.1, 0.15) is 29.2 Å². The maximum Gasteiger partial charge on any atom is 0.312 e. The maximum atomic E-state index is 14.4. The number of phenolic OH excluding ortho intramolecular Hbond substituents is 3. The Morgan fingerprint density at radius 3 is 2.22 bits per heavy atom. The van der Waals surface area contributed by atoms with Crippen LogP contribution < -0.4 is 15.4 Å². The molecule has 0 saturated heterocycles. The Labute approximate surface area is 348 Å². The van der Waals surface area contributed by atoms with Crippen molar-refractivity contribution in [3.05, 3.63) is 88.5 Å². The molecule has 0 saturated carbocycles. The summed E-state index contributed by atoms with van der Waals surface area (Å²) in [6, 6.07) is 5.70. The first-order chi connectivity index (χ1) is 28.2. The van der Waals surface area contributed by atoms with E-state index in [1.165, 1.54) is 65.4 Å². The number of carbonyl (C=O) groups is 3. The molecule has 7 N–H and O–H groups in total. The fourth-order valence-electron chi connectivity index (χ4n) is 7.89. The van der Waals surface area contributed by atoms with Gasteiger partial charge in [0.2, 0.25) is 0 Å². The number of amides is 1. The van der Waals surface area contributed by atoms with E-state index in [1.54, 1.807) is 52.0 Å². The Balaban J connectivity index is 1.68. The van der Waals surface area contributed by atoms with Gasteiger partial charge < -0.3 is 55.1 Å². The number of benzene rings is 3. The molecule has 9 atom stereocenters. The Bertz CT molecular complexity index is 2220. The number of fused-ring (bicyclic) bond motifs is 14. The minimum Gasteiger partial charge on any atom is -0.507 e. The number of allylic oxidation sites excluding steroid dienone is 2. The van der Waals surface area contributed by atoms with Crippen molar-refractivity contribution in [1.82, 2.24) is 5.32 Å². The van der Waals surface area contributed by atoms with Crippen molar-refractivity contribution >= 4 is 34.1 Å². The lowest BCUT2D eigenvalue weighted by Gasteiger charge is -2.38. The first-order valence-corrected chi connectivity index (χ1v) is 19.8. The SMILES string of the molecule is CO[C@H]1C=CO[C@@]2(C)Oc3c(C)c(O)c4c(O)c(c(CNCc5ccc(F)cc5)c(O)c4c3C2=O)NC(=O)/C(C)=C\C=C/[C@H](C)[C@H](O)[C@@H](C)[C@@H](O)[C@@H](C)[C@H](OC(C)=O)[C@@H]1C. The van der Waals surface area contributed by atoms with Crippen LogP contribution in [0.25, 0.3) is 10.8 Å². The molecule has 0 aliphatic carbocycles. The van der Waals surface area contributed by atoms with Gasteiger partial charge in [0.05, 0.1) is 41.2 Å². The van der Waals surface area contributed by atoms with E-state index in [-0.39, 0.29) is 57.6 Å². The summed E-state index contributed by atoms with van der Waals surface area (Å²) in [5, 5.41) is 63.6. The van der Waals surface area contributed by atoms with Crippen LogP contribution in [-0.4, -0.2) is 80.5 Å². The molecule has 0 fully saturated rings. The number of nitrogens with one attached hydrogen (secondary N) is 2. The molecule has 14 nitrogen and oxygen atoms in total. The monoisotopic (exact) mass is 834 g/mol. The second-order valence-corrected chi connectivity index (χ2v) is 15.9. The highest BCUT2D eigenvalue weighted by atomic mass is 19.1. The number of hydrogen-bond donors (Lipinski definition) is 7. The van der Waals surface area contributed by atoms with Crippen LogP contribution in [0.4, 0.5) is 10.1 Å². The van der Waals surface area contributed by atoms with E-state index >= 15 is 0 Å². The summed E-state index contributed by atoms with van der Waals surface area (Å²) in [4.78, 5) is 40.5. The van der Waals surface area contributed by atoms with Gasteiger partial charge >= 0.3 is 11.8 Å². The number of Topliss-reactive ketones (excluding diaryl/α,β-unsaturated/α-hetero) is 1. The molecule has 3 heterocycles. The molecule has 0 radical (unpaired) electrons. The van der Waals surface area contributed by atoms with E-state index in [0.29, 0.717) is 5.56 Å². The highest BCUT2D eigenvalue weighted by molar-refractivity contribution is 6.22. The van der Waals surface area contributed by atoms with Gasteiger partial charge in [-0.05, 0) is 37.6 Å². The lowest BCUT2D eigenvalue weighted by Crippen LogP contribution is -2.46. The van der Waals surface area contributed by atoms with Crippen LogP contribution >= 0.6 is 0 Å². The van der Waals surface area contributed by atoms with Crippen molar-refractivity contribution in [2.75, 3.05) is 12.4 Å². The topological polar surface area (TPSA) is 213 Å². The number of phenols is 3. The van der Waals surface area contributed by atoms with Gasteiger partial charge in [0, 0.05) is 79.8 Å². The van der Waals surface area contributed by atoms with Crippen LogP contribution in [0.1, 0.15) is 75.5 Å². The fourth-order valence-corrected chi connectivity index (χ4v) is 7.89. The third-order valence-electron chi connectivity index (χ3n) is 11.6. The average Bonchev–Trinajstić information content (AvgIpc) is 3.47. The third-order valence-corrected chi connectivity index (χ3v) is 11.6. The second kappa shape index (κ2) is 18.4. The van der Waals surface area contributed by atoms with Crippen molar-refractivity contribution in [3.63, 3.8) is 0 Å². The first kappa shape index (κ1) is 45.6. The highest BCUT2D eigenvalue weighted by Crippen LogP contribution is 2.55. The van der Waals surface area contributed by atoms with E-state index in [4.69, 9.17) is 18.9 Å². The molecule has 3 aromatic carbocycles. The zero-order valence-corrected chi connectivity index (χ0v) is 35.2. The molecular formula is C45H55FN2O12. The predicted octanol–water partition coefficient (Wildman–Crippen LogP) is 6.18. The summed E-state index contributed by atoms with van der Waals surface area (Å²) in [6.45, 7) is 12.4. The van der Waals surface area contributed by atoms with Crippen LogP contribution in [0, 0.1) is 36.4 Å². The van der Waals surface area contributed by atoms with Gasteiger partial charge in [-0.3, -0.25) is 14.4 Å². The van der Waals surface area contributed by atoms with Crippen molar-refractivity contribution < 1.29 is 63.3 Å². The van der Waals surface area contributed by atoms with Gasteiger partial charge in [0.25, 0.3) is 11.7 Å². The Morgan fingerprint density at radius 1 is 0.917 bits per heavy atom. The normalized spacial score (nSPS) is 29.1. The molecule has 0 aromatic heterocycles. The number of ketones is 1. The maximum absolute atomic E-state index is 14.4. The van der Waals surface area contributed by atoms with Crippen molar-refractivity contribution in [2.24, 2.45) is 23.7 Å². The average molecular weight is 835 g/mol. The molecule has 1 amide bonds. The zero-order chi connectivity index (χ0) is 44.4. The van der Waals surface area contributed by atoms with Crippen LogP contribution in [0.5, 0.6) is 23.0 Å². The summed E-state index contributed by atoms with van der Waals surface area (Å²) in [5.74, 6) is -8.94. The smallest absolute Gasteiger partial charge is 0.312 e. The summed E-state index contributed by atoms with van der Waals surface area (Å²) in [6.07, 6.45) is 3.43. The second-order valence-electron chi connectivity index (χ2n) is 15.9. The standard InChI is InChI=1S/C45H55FN2O12/c1-21-11-10-12-22(2)44(56)48-35-30(20-47-19-28-13-15-29(46)16-14-28)39(53)32-33(40(35)54)38(52)26(6)42-34(32)43(55)45(8,60-42)58-18-17-31(57-9)23(3)41(59-27(7)49)25(5)37(51)24(4)36(21)50/h10-18,21,23-25,31,36-37,41,47,50-54H,19-20H2,1-9H3,(H,48,56)/b11-10-,18-17?,22-12-/t21-,23+,24+,25+,31-,36-,37+,41+,45-/m0/s1. The number of ether oxygens (including phenoxy) is 4. The Hall–Kier alpha value is -5.48. The number of anilines is 1. The van der Waals surface area contributed by atoms with Gasteiger partial charge in [-0.1, -0.05) is 58.1 Å². The van der Waals surface area contributed by atoms with E-state index in [1.807, 2.05) is 0 Å². The molecule has 3 aliphatic rings. The molecule has 3 aromatic rings. The number of halogens is 1. The quantitative estimate of drug-likeness (QED) is 0.0841. The summed E-state index contributed by atoms with van der Waals surface area (Å²) in [5.41, 5.74) is 0.382. The molecule has 324 valence electrons. The minimum atomic E-state index is -2.06. The third kappa shape index (κ3) is 8.99. The Kier molecular flexibility index (Phi) is 14.0.